The molecule has 3 atom stereocenters. The summed E-state index contributed by atoms with van der Waals surface area (Å²) in [5, 5.41) is 9.37. The number of carboxylic acid groups (broad SMARTS) is 1. The van der Waals surface area contributed by atoms with E-state index in [1.807, 2.05) is 0 Å². The fourth-order valence-corrected chi connectivity index (χ4v) is 6.13. The number of carbonyl (C=O) groups is 1. The molecular weight excluding hydrogens is 344 g/mol. The summed E-state index contributed by atoms with van der Waals surface area (Å²) in [5.41, 5.74) is 0. The lowest BCUT2D eigenvalue weighted by atomic mass is 9.85. The summed E-state index contributed by atoms with van der Waals surface area (Å²) < 4.78 is 51.4. The molecule has 1 saturated carbocycles. The fourth-order valence-electron chi connectivity index (χ4n) is 3.56. The maximum absolute atomic E-state index is 12.6. The lowest BCUT2D eigenvalue weighted by molar-refractivity contribution is -0.141. The van der Waals surface area contributed by atoms with Gasteiger partial charge in [-0.2, -0.15) is 4.31 Å². The molecule has 1 saturated heterocycles. The molecule has 0 aromatic carbocycles. The third-order valence-corrected chi connectivity index (χ3v) is 7.99. The normalized spacial score (nSPS) is 29.3. The molecule has 0 amide bonds. The van der Waals surface area contributed by atoms with Gasteiger partial charge in [0.05, 0.1) is 11.5 Å². The third-order valence-electron chi connectivity index (χ3n) is 4.70. The Kier molecular flexibility index (Phi) is 5.70. The van der Waals surface area contributed by atoms with Crippen LogP contribution < -0.4 is 4.72 Å². The van der Waals surface area contributed by atoms with E-state index in [1.54, 1.807) is 0 Å². The average molecular weight is 368 g/mol. The monoisotopic (exact) mass is 368 g/mol. The molecule has 0 aromatic heterocycles. The summed E-state index contributed by atoms with van der Waals surface area (Å²) in [5.74, 6) is -1.58. The zero-order chi connectivity index (χ0) is 17.3. The van der Waals surface area contributed by atoms with Gasteiger partial charge < -0.3 is 5.11 Å². The molecule has 2 fully saturated rings. The highest BCUT2D eigenvalue weighted by molar-refractivity contribution is 7.90. The minimum absolute atomic E-state index is 0.0898. The molecule has 2 rings (SSSR count). The Morgan fingerprint density at radius 1 is 1.22 bits per heavy atom. The zero-order valence-corrected chi connectivity index (χ0v) is 14.8. The Morgan fingerprint density at radius 2 is 1.87 bits per heavy atom. The minimum Gasteiger partial charge on any atom is -0.480 e. The van der Waals surface area contributed by atoms with Gasteiger partial charge in [0.2, 0.25) is 20.0 Å². The molecule has 8 nitrogen and oxygen atoms in total. The van der Waals surface area contributed by atoms with E-state index >= 15 is 0 Å². The van der Waals surface area contributed by atoms with Crippen LogP contribution in [0.15, 0.2) is 0 Å². The van der Waals surface area contributed by atoms with E-state index in [2.05, 4.69) is 4.72 Å². The first-order valence-electron chi connectivity index (χ1n) is 7.89. The van der Waals surface area contributed by atoms with Crippen molar-refractivity contribution in [1.82, 2.24) is 9.03 Å². The van der Waals surface area contributed by atoms with E-state index in [0.29, 0.717) is 12.8 Å². The first-order valence-corrected chi connectivity index (χ1v) is 11.2. The Morgan fingerprint density at radius 3 is 2.48 bits per heavy atom. The zero-order valence-electron chi connectivity index (χ0n) is 13.1. The lowest BCUT2D eigenvalue weighted by Crippen LogP contribution is -2.48. The highest BCUT2D eigenvalue weighted by Gasteiger charge is 2.50. The van der Waals surface area contributed by atoms with E-state index in [4.69, 9.17) is 0 Å². The maximum atomic E-state index is 12.6. The third kappa shape index (κ3) is 4.23. The maximum Gasteiger partial charge on any atom is 0.322 e. The minimum atomic E-state index is -3.83. The number of rotatable bonds is 7. The van der Waals surface area contributed by atoms with Crippen LogP contribution in [0.3, 0.4) is 0 Å². The van der Waals surface area contributed by atoms with Crippen LogP contribution >= 0.6 is 0 Å². The number of hydrogen-bond acceptors (Lipinski definition) is 5. The lowest BCUT2D eigenvalue weighted by Gasteiger charge is -2.32. The van der Waals surface area contributed by atoms with Gasteiger partial charge >= 0.3 is 5.97 Å². The molecular formula is C13H24N2O6S2. The number of carboxylic acids is 1. The predicted molar refractivity (Wildman–Crippen MR) is 84.9 cm³/mol. The largest absolute Gasteiger partial charge is 0.480 e. The first kappa shape index (κ1) is 18.6. The predicted octanol–water partition coefficient (Wildman–Crippen LogP) is -0.0268. The van der Waals surface area contributed by atoms with Crippen LogP contribution in [0.5, 0.6) is 0 Å². The number of aliphatic carboxylic acids is 1. The molecule has 1 aliphatic carbocycles. The van der Waals surface area contributed by atoms with Crippen LogP contribution in [-0.2, 0) is 24.8 Å². The smallest absolute Gasteiger partial charge is 0.322 e. The molecule has 134 valence electrons. The number of fused-ring (bicyclic) bond motifs is 1. The van der Waals surface area contributed by atoms with Crippen molar-refractivity contribution in [2.45, 2.75) is 51.1 Å². The molecule has 3 unspecified atom stereocenters. The van der Waals surface area contributed by atoms with Gasteiger partial charge in [0.1, 0.15) is 6.04 Å². The van der Waals surface area contributed by atoms with Gasteiger partial charge in [-0.1, -0.05) is 12.8 Å². The molecule has 1 heterocycles. The van der Waals surface area contributed by atoms with Crippen molar-refractivity contribution in [3.05, 3.63) is 0 Å². The molecule has 0 radical (unpaired) electrons. The quantitative estimate of drug-likeness (QED) is 0.651. The molecule has 2 aliphatic rings. The molecule has 10 heteroatoms. The Balaban J connectivity index is 2.13. The SMILES string of the molecule is CCS(=O)(=O)NCCS(=O)(=O)N1C(C(=O)O)CC2CCCCC21. The molecule has 0 spiro atoms. The molecule has 1 aliphatic heterocycles. The van der Waals surface area contributed by atoms with Crippen LogP contribution in [0.1, 0.15) is 39.0 Å². The second-order valence-corrected chi connectivity index (χ2v) is 10.2. The van der Waals surface area contributed by atoms with Crippen molar-refractivity contribution in [1.29, 1.82) is 0 Å². The Labute approximate surface area is 137 Å². The van der Waals surface area contributed by atoms with Crippen LogP contribution in [-0.4, -0.2) is 62.4 Å². The molecule has 0 aromatic rings. The van der Waals surface area contributed by atoms with Gasteiger partial charge in [0, 0.05) is 12.6 Å². The highest BCUT2D eigenvalue weighted by Crippen LogP contribution is 2.41. The molecule has 0 bridgehead atoms. The van der Waals surface area contributed by atoms with Gasteiger partial charge in [-0.15, -0.1) is 0 Å². The van der Waals surface area contributed by atoms with Crippen molar-refractivity contribution >= 4 is 26.0 Å². The molecule has 23 heavy (non-hydrogen) atoms. The van der Waals surface area contributed by atoms with Crippen molar-refractivity contribution in [2.75, 3.05) is 18.1 Å². The second kappa shape index (κ2) is 7.04. The summed E-state index contributed by atoms with van der Waals surface area (Å²) in [6, 6.07) is -1.30. The Hall–Kier alpha value is -0.710. The summed E-state index contributed by atoms with van der Waals surface area (Å²) in [4.78, 5) is 11.5. The van der Waals surface area contributed by atoms with Crippen LogP contribution in [0.4, 0.5) is 0 Å². The van der Waals surface area contributed by atoms with Gasteiger partial charge in [-0.05, 0) is 32.1 Å². The number of nitrogens with zero attached hydrogens (tertiary/aromatic N) is 1. The van der Waals surface area contributed by atoms with Gasteiger partial charge in [0.15, 0.2) is 0 Å². The van der Waals surface area contributed by atoms with E-state index in [1.165, 1.54) is 6.92 Å². The van der Waals surface area contributed by atoms with Gasteiger partial charge in [-0.25, -0.2) is 21.6 Å². The summed E-state index contributed by atoms with van der Waals surface area (Å²) in [7, 11) is -7.30. The number of sulfonamides is 2. The van der Waals surface area contributed by atoms with Gasteiger partial charge in [-0.3, -0.25) is 4.79 Å². The van der Waals surface area contributed by atoms with Crippen LogP contribution in [0.25, 0.3) is 0 Å². The van der Waals surface area contributed by atoms with E-state index < -0.39 is 37.8 Å². The topological polar surface area (TPSA) is 121 Å². The van der Waals surface area contributed by atoms with E-state index in [-0.39, 0.29) is 24.3 Å². The summed E-state index contributed by atoms with van der Waals surface area (Å²) in [6.07, 6.45) is 3.76. The van der Waals surface area contributed by atoms with Crippen LogP contribution in [0, 0.1) is 5.92 Å². The van der Waals surface area contributed by atoms with Gasteiger partial charge in [0.25, 0.3) is 0 Å². The van der Waals surface area contributed by atoms with Crippen molar-refractivity contribution < 1.29 is 26.7 Å². The van der Waals surface area contributed by atoms with Crippen molar-refractivity contribution in [2.24, 2.45) is 5.92 Å². The summed E-state index contributed by atoms with van der Waals surface area (Å²) >= 11 is 0. The number of nitrogens with one attached hydrogen (secondary N) is 1. The molecule has 2 N–H and O–H groups in total. The van der Waals surface area contributed by atoms with Crippen LogP contribution in [0.2, 0.25) is 0 Å². The number of hydrogen-bond donors (Lipinski definition) is 2. The van der Waals surface area contributed by atoms with E-state index in [0.717, 1.165) is 23.6 Å². The van der Waals surface area contributed by atoms with Crippen molar-refractivity contribution in [3.8, 4) is 0 Å². The van der Waals surface area contributed by atoms with Crippen molar-refractivity contribution in [3.63, 3.8) is 0 Å². The first-order chi connectivity index (χ1) is 10.7. The standard InChI is InChI=1S/C13H24N2O6S2/c1-2-22(18,19)14-7-8-23(20,21)15-11-6-4-3-5-10(11)9-12(15)13(16)17/h10-12,14H,2-9H2,1H3,(H,16,17). The highest BCUT2D eigenvalue weighted by atomic mass is 32.2. The fraction of sp³-hybridized carbons (Fsp3) is 0.923. The second-order valence-electron chi connectivity index (χ2n) is 6.15. The average Bonchev–Trinajstić information content (AvgIpc) is 2.87. The Bertz CT molecular complexity index is 645. The van der Waals surface area contributed by atoms with E-state index in [9.17, 15) is 26.7 Å². The summed E-state index contributed by atoms with van der Waals surface area (Å²) in [6.45, 7) is 1.23.